The van der Waals surface area contributed by atoms with Crippen LogP contribution >= 0.6 is 0 Å². The molecule has 1 atom stereocenters. The lowest BCUT2D eigenvalue weighted by molar-refractivity contribution is -0.151. The topological polar surface area (TPSA) is 46.6 Å². The van der Waals surface area contributed by atoms with Crippen LogP contribution in [0.2, 0.25) is 0 Å². The van der Waals surface area contributed by atoms with Gasteiger partial charge >= 0.3 is 5.97 Å². The number of benzene rings is 1. The lowest BCUT2D eigenvalue weighted by Gasteiger charge is -2.24. The lowest BCUT2D eigenvalue weighted by atomic mass is 10.2. The van der Waals surface area contributed by atoms with Crippen LogP contribution in [0, 0.1) is 0 Å². The molecule has 0 aliphatic rings. The number of carbonyl (C=O) groups is 2. The van der Waals surface area contributed by atoms with Crippen molar-refractivity contribution in [3.63, 3.8) is 0 Å². The molecule has 0 aliphatic heterocycles. The zero-order valence-electron chi connectivity index (χ0n) is 10.3. The van der Waals surface area contributed by atoms with Crippen molar-refractivity contribution >= 4 is 17.6 Å². The molecule has 1 unspecified atom stereocenters. The van der Waals surface area contributed by atoms with Gasteiger partial charge in [-0.05, 0) is 26.0 Å². The van der Waals surface area contributed by atoms with Crippen molar-refractivity contribution in [1.29, 1.82) is 0 Å². The van der Waals surface area contributed by atoms with E-state index in [0.29, 0.717) is 6.54 Å². The van der Waals surface area contributed by atoms with Crippen LogP contribution in [0.5, 0.6) is 0 Å². The Morgan fingerprint density at radius 1 is 1.29 bits per heavy atom. The van der Waals surface area contributed by atoms with E-state index in [2.05, 4.69) is 0 Å². The van der Waals surface area contributed by atoms with E-state index >= 15 is 0 Å². The van der Waals surface area contributed by atoms with Crippen molar-refractivity contribution < 1.29 is 14.3 Å². The second-order valence-electron chi connectivity index (χ2n) is 3.67. The molecule has 0 N–H and O–H groups in total. The molecule has 0 aliphatic carbocycles. The van der Waals surface area contributed by atoms with Gasteiger partial charge in [-0.25, -0.2) is 0 Å². The van der Waals surface area contributed by atoms with Crippen molar-refractivity contribution in [2.45, 2.75) is 26.9 Å². The summed E-state index contributed by atoms with van der Waals surface area (Å²) in [7, 11) is 0. The number of hydrogen-bond donors (Lipinski definition) is 0. The Bertz CT molecular complexity index is 389. The molecule has 1 amide bonds. The lowest BCUT2D eigenvalue weighted by Crippen LogP contribution is -2.39. The SMILES string of the molecule is CCN(C(=O)C(C)OC(C)=O)c1ccccc1. The molecule has 0 radical (unpaired) electrons. The monoisotopic (exact) mass is 235 g/mol. The summed E-state index contributed by atoms with van der Waals surface area (Å²) in [6.45, 7) is 5.29. The van der Waals surface area contributed by atoms with Gasteiger partial charge in [0.2, 0.25) is 0 Å². The van der Waals surface area contributed by atoms with E-state index < -0.39 is 12.1 Å². The number of rotatable bonds is 4. The normalized spacial score (nSPS) is 11.7. The predicted molar refractivity (Wildman–Crippen MR) is 65.7 cm³/mol. The molecule has 4 heteroatoms. The van der Waals surface area contributed by atoms with Crippen LogP contribution in [-0.2, 0) is 14.3 Å². The van der Waals surface area contributed by atoms with Crippen LogP contribution in [0.4, 0.5) is 5.69 Å². The second kappa shape index (κ2) is 6.03. The Hall–Kier alpha value is -1.84. The van der Waals surface area contributed by atoms with Gasteiger partial charge in [-0.3, -0.25) is 9.59 Å². The van der Waals surface area contributed by atoms with Gasteiger partial charge in [-0.1, -0.05) is 18.2 Å². The van der Waals surface area contributed by atoms with Gasteiger partial charge < -0.3 is 9.64 Å². The quantitative estimate of drug-likeness (QED) is 0.750. The van der Waals surface area contributed by atoms with Crippen molar-refractivity contribution in [3.8, 4) is 0 Å². The minimum Gasteiger partial charge on any atom is -0.453 e. The molecule has 4 nitrogen and oxygen atoms in total. The van der Waals surface area contributed by atoms with Gasteiger partial charge in [0, 0.05) is 19.2 Å². The van der Waals surface area contributed by atoms with E-state index in [9.17, 15) is 9.59 Å². The fourth-order valence-corrected chi connectivity index (χ4v) is 1.59. The van der Waals surface area contributed by atoms with Crippen LogP contribution in [0.15, 0.2) is 30.3 Å². The first-order chi connectivity index (χ1) is 8.06. The summed E-state index contributed by atoms with van der Waals surface area (Å²) in [5, 5.41) is 0. The number of anilines is 1. The van der Waals surface area contributed by atoms with Crippen molar-refractivity contribution in [2.75, 3.05) is 11.4 Å². The van der Waals surface area contributed by atoms with Gasteiger partial charge in [-0.2, -0.15) is 0 Å². The Morgan fingerprint density at radius 2 is 1.88 bits per heavy atom. The molecule has 0 saturated carbocycles. The zero-order chi connectivity index (χ0) is 12.8. The van der Waals surface area contributed by atoms with Gasteiger partial charge in [0.15, 0.2) is 6.10 Å². The third-order valence-electron chi connectivity index (χ3n) is 2.34. The number of amides is 1. The summed E-state index contributed by atoms with van der Waals surface area (Å²) < 4.78 is 4.89. The molecule has 0 aromatic heterocycles. The highest BCUT2D eigenvalue weighted by atomic mass is 16.5. The zero-order valence-corrected chi connectivity index (χ0v) is 10.3. The highest BCUT2D eigenvalue weighted by Crippen LogP contribution is 2.14. The molecule has 1 aromatic rings. The first kappa shape index (κ1) is 13.2. The van der Waals surface area contributed by atoms with E-state index in [1.165, 1.54) is 6.92 Å². The second-order valence-corrected chi connectivity index (χ2v) is 3.67. The Kier molecular flexibility index (Phi) is 4.69. The highest BCUT2D eigenvalue weighted by Gasteiger charge is 2.22. The fraction of sp³-hybridized carbons (Fsp3) is 0.385. The summed E-state index contributed by atoms with van der Waals surface area (Å²) >= 11 is 0. The van der Waals surface area contributed by atoms with Crippen molar-refractivity contribution in [3.05, 3.63) is 30.3 Å². The summed E-state index contributed by atoms with van der Waals surface area (Å²) in [5.74, 6) is -0.663. The standard InChI is InChI=1S/C13H17NO3/c1-4-14(12-8-6-5-7-9-12)13(16)10(2)17-11(3)15/h5-10H,4H2,1-3H3. The Balaban J connectivity index is 2.81. The molecule has 0 spiro atoms. The summed E-state index contributed by atoms with van der Waals surface area (Å²) in [6, 6.07) is 9.31. The predicted octanol–water partition coefficient (Wildman–Crippen LogP) is 1.99. The maximum absolute atomic E-state index is 12.1. The summed E-state index contributed by atoms with van der Waals surface area (Å²) in [4.78, 5) is 24.5. The van der Waals surface area contributed by atoms with Crippen LogP contribution < -0.4 is 4.90 Å². The molecular weight excluding hydrogens is 218 g/mol. The summed E-state index contributed by atoms with van der Waals surface area (Å²) in [6.07, 6.45) is -0.757. The molecule has 1 rings (SSSR count). The third-order valence-corrected chi connectivity index (χ3v) is 2.34. The van der Waals surface area contributed by atoms with E-state index in [1.54, 1.807) is 11.8 Å². The maximum Gasteiger partial charge on any atom is 0.303 e. The number of likely N-dealkylation sites (N-methyl/N-ethyl adjacent to an activating group) is 1. The average molecular weight is 235 g/mol. The van der Waals surface area contributed by atoms with Crippen LogP contribution in [-0.4, -0.2) is 24.5 Å². The van der Waals surface area contributed by atoms with Crippen LogP contribution in [0.1, 0.15) is 20.8 Å². The number of carbonyl (C=O) groups excluding carboxylic acids is 2. The summed E-state index contributed by atoms with van der Waals surface area (Å²) in [5.41, 5.74) is 0.805. The fourth-order valence-electron chi connectivity index (χ4n) is 1.59. The van der Waals surface area contributed by atoms with E-state index in [1.807, 2.05) is 37.3 Å². The van der Waals surface area contributed by atoms with E-state index in [-0.39, 0.29) is 5.91 Å². The largest absolute Gasteiger partial charge is 0.453 e. The Labute approximate surface area is 101 Å². The molecule has 17 heavy (non-hydrogen) atoms. The van der Waals surface area contributed by atoms with Gasteiger partial charge in [0.05, 0.1) is 0 Å². The Morgan fingerprint density at radius 3 is 2.35 bits per heavy atom. The average Bonchev–Trinajstić information content (AvgIpc) is 2.30. The molecule has 0 saturated heterocycles. The maximum atomic E-state index is 12.1. The van der Waals surface area contributed by atoms with Crippen LogP contribution in [0.25, 0.3) is 0 Å². The van der Waals surface area contributed by atoms with Crippen LogP contribution in [0.3, 0.4) is 0 Å². The number of ether oxygens (including phenoxy) is 1. The molecular formula is C13H17NO3. The molecule has 92 valence electrons. The smallest absolute Gasteiger partial charge is 0.303 e. The highest BCUT2D eigenvalue weighted by molar-refractivity contribution is 5.97. The number of nitrogens with zero attached hydrogens (tertiary/aromatic N) is 1. The number of para-hydroxylation sites is 1. The number of esters is 1. The molecule has 1 aromatic carbocycles. The van der Waals surface area contributed by atoms with Gasteiger partial charge in [0.1, 0.15) is 0 Å². The minimum atomic E-state index is -0.757. The van der Waals surface area contributed by atoms with E-state index in [4.69, 9.17) is 4.74 Å². The first-order valence-electron chi connectivity index (χ1n) is 5.60. The first-order valence-corrected chi connectivity index (χ1v) is 5.60. The molecule has 0 heterocycles. The molecule has 0 bridgehead atoms. The van der Waals surface area contributed by atoms with Crippen molar-refractivity contribution in [1.82, 2.24) is 0 Å². The number of hydrogen-bond acceptors (Lipinski definition) is 3. The third kappa shape index (κ3) is 3.59. The van der Waals surface area contributed by atoms with Gasteiger partial charge in [-0.15, -0.1) is 0 Å². The minimum absolute atomic E-state index is 0.214. The van der Waals surface area contributed by atoms with Crippen molar-refractivity contribution in [2.24, 2.45) is 0 Å². The van der Waals surface area contributed by atoms with Gasteiger partial charge in [0.25, 0.3) is 5.91 Å². The molecule has 0 fully saturated rings. The van der Waals surface area contributed by atoms with E-state index in [0.717, 1.165) is 5.69 Å².